The van der Waals surface area contributed by atoms with Crippen molar-refractivity contribution in [1.82, 2.24) is 5.43 Å². The summed E-state index contributed by atoms with van der Waals surface area (Å²) in [6.45, 7) is 3.14. The van der Waals surface area contributed by atoms with E-state index in [0.29, 0.717) is 0 Å². The van der Waals surface area contributed by atoms with Crippen LogP contribution in [0.3, 0.4) is 0 Å². The van der Waals surface area contributed by atoms with Gasteiger partial charge in [0.25, 0.3) is 5.91 Å². The molecule has 4 nitrogen and oxygen atoms in total. The van der Waals surface area contributed by atoms with Crippen molar-refractivity contribution >= 4 is 5.91 Å². The van der Waals surface area contributed by atoms with Gasteiger partial charge in [0.05, 0.1) is 0 Å². The van der Waals surface area contributed by atoms with Crippen LogP contribution in [-0.4, -0.2) is 11.4 Å². The molecule has 0 saturated carbocycles. The quantitative estimate of drug-likeness (QED) is 0.180. The zero-order valence-electron chi connectivity index (χ0n) is 3.77. The first kappa shape index (κ1) is 9.46. The monoisotopic (exact) mass is 104 g/mol. The molecule has 0 aromatic carbocycles. The molecular formula is C3H8N2O2. The second-order valence-corrected chi connectivity index (χ2v) is 0.713. The molecule has 1 amide bonds. The summed E-state index contributed by atoms with van der Waals surface area (Å²) < 4.78 is 0. The second-order valence-electron chi connectivity index (χ2n) is 0.713. The molecule has 0 heterocycles. The molecule has 0 atom stereocenters. The van der Waals surface area contributed by atoms with E-state index in [1.54, 1.807) is 0 Å². The Morgan fingerprint density at radius 1 is 1.86 bits per heavy atom. The zero-order valence-corrected chi connectivity index (χ0v) is 3.77. The van der Waals surface area contributed by atoms with Crippen LogP contribution in [0.15, 0.2) is 12.7 Å². The lowest BCUT2D eigenvalue weighted by Gasteiger charge is -1.82. The van der Waals surface area contributed by atoms with Crippen molar-refractivity contribution in [1.29, 1.82) is 0 Å². The minimum atomic E-state index is -0.366. The van der Waals surface area contributed by atoms with Gasteiger partial charge in [0.1, 0.15) is 0 Å². The molecule has 0 spiro atoms. The van der Waals surface area contributed by atoms with Gasteiger partial charge in [-0.25, -0.2) is 5.84 Å². The molecule has 5 N–H and O–H groups in total. The number of hydrazine groups is 1. The lowest BCUT2D eigenvalue weighted by atomic mass is 10.6. The van der Waals surface area contributed by atoms with Crippen molar-refractivity contribution < 1.29 is 10.3 Å². The predicted molar refractivity (Wildman–Crippen MR) is 26.1 cm³/mol. The van der Waals surface area contributed by atoms with E-state index < -0.39 is 0 Å². The van der Waals surface area contributed by atoms with E-state index in [1.165, 1.54) is 0 Å². The molecule has 0 aromatic heterocycles. The van der Waals surface area contributed by atoms with Gasteiger partial charge in [-0.2, -0.15) is 0 Å². The van der Waals surface area contributed by atoms with Gasteiger partial charge in [-0.1, -0.05) is 6.58 Å². The molecule has 0 rings (SSSR count). The fraction of sp³-hybridized carbons (Fsp3) is 0. The summed E-state index contributed by atoms with van der Waals surface area (Å²) in [5.74, 6) is 4.25. The summed E-state index contributed by atoms with van der Waals surface area (Å²) in [4.78, 5) is 9.83. The maximum atomic E-state index is 9.83. The minimum absolute atomic E-state index is 0. The highest BCUT2D eigenvalue weighted by molar-refractivity contribution is 5.86. The summed E-state index contributed by atoms with van der Waals surface area (Å²) in [5, 5.41) is 0. The second kappa shape index (κ2) is 5.13. The summed E-state index contributed by atoms with van der Waals surface area (Å²) in [5.41, 5.74) is 1.86. The molecule has 7 heavy (non-hydrogen) atoms. The van der Waals surface area contributed by atoms with E-state index in [2.05, 4.69) is 12.4 Å². The van der Waals surface area contributed by atoms with E-state index in [1.807, 2.05) is 5.43 Å². The van der Waals surface area contributed by atoms with Crippen molar-refractivity contribution in [2.24, 2.45) is 5.84 Å². The largest absolute Gasteiger partial charge is 0.412 e. The van der Waals surface area contributed by atoms with Gasteiger partial charge in [0.15, 0.2) is 0 Å². The Kier molecular flexibility index (Phi) is 6.93. The third-order valence-corrected chi connectivity index (χ3v) is 0.328. The zero-order chi connectivity index (χ0) is 4.99. The highest BCUT2D eigenvalue weighted by Crippen LogP contribution is 1.54. The van der Waals surface area contributed by atoms with Gasteiger partial charge in [0, 0.05) is 0 Å². The molecule has 0 aliphatic heterocycles. The Morgan fingerprint density at radius 3 is 2.29 bits per heavy atom. The minimum Gasteiger partial charge on any atom is -0.412 e. The summed E-state index contributed by atoms with van der Waals surface area (Å²) in [6.07, 6.45) is 1.10. The number of carbonyl (C=O) groups excluding carboxylic acids is 1. The lowest BCUT2D eigenvalue weighted by molar-refractivity contribution is -0.116. The Labute approximate surface area is 41.3 Å². The molecule has 42 valence electrons. The topological polar surface area (TPSA) is 86.6 Å². The van der Waals surface area contributed by atoms with Crippen LogP contribution in [0, 0.1) is 0 Å². The number of rotatable bonds is 1. The van der Waals surface area contributed by atoms with Crippen LogP contribution in [-0.2, 0) is 4.79 Å². The van der Waals surface area contributed by atoms with Gasteiger partial charge in [-0.15, -0.1) is 0 Å². The third kappa shape index (κ3) is 5.13. The predicted octanol–water partition coefficient (Wildman–Crippen LogP) is -1.66. The van der Waals surface area contributed by atoms with Crippen LogP contribution in [0.4, 0.5) is 0 Å². The van der Waals surface area contributed by atoms with E-state index >= 15 is 0 Å². The van der Waals surface area contributed by atoms with Gasteiger partial charge < -0.3 is 5.48 Å². The van der Waals surface area contributed by atoms with Crippen LogP contribution in [0.5, 0.6) is 0 Å². The molecule has 0 bridgehead atoms. The maximum absolute atomic E-state index is 9.83. The highest BCUT2D eigenvalue weighted by Gasteiger charge is 1.79. The normalized spacial score (nSPS) is 5.86. The Morgan fingerprint density at radius 2 is 2.29 bits per heavy atom. The van der Waals surface area contributed by atoms with E-state index in [9.17, 15) is 4.79 Å². The molecule has 0 radical (unpaired) electrons. The smallest absolute Gasteiger partial charge is 0.257 e. The molecule has 0 unspecified atom stereocenters. The first-order valence-electron chi connectivity index (χ1n) is 1.44. The van der Waals surface area contributed by atoms with Crippen LogP contribution in [0.1, 0.15) is 0 Å². The average Bonchev–Trinajstić information content (AvgIpc) is 1.65. The molecule has 0 aromatic rings. The van der Waals surface area contributed by atoms with Crippen LogP contribution in [0.25, 0.3) is 0 Å². The van der Waals surface area contributed by atoms with Gasteiger partial charge in [-0.3, -0.25) is 10.2 Å². The number of hydrogen-bond donors (Lipinski definition) is 2. The highest BCUT2D eigenvalue weighted by atomic mass is 16.2. The molecule has 4 heteroatoms. The Bertz CT molecular complexity index is 71.3. The average molecular weight is 104 g/mol. The Hall–Kier alpha value is -0.870. The van der Waals surface area contributed by atoms with Gasteiger partial charge in [-0.05, 0) is 6.08 Å². The fourth-order valence-corrected chi connectivity index (χ4v) is 0.0589. The summed E-state index contributed by atoms with van der Waals surface area (Å²) >= 11 is 0. The first-order valence-corrected chi connectivity index (χ1v) is 1.44. The molecule has 0 fully saturated rings. The summed E-state index contributed by atoms with van der Waals surface area (Å²) in [7, 11) is 0. The molecule has 0 aliphatic rings. The maximum Gasteiger partial charge on any atom is 0.257 e. The molecule has 0 aliphatic carbocycles. The van der Waals surface area contributed by atoms with Gasteiger partial charge in [0.2, 0.25) is 0 Å². The summed E-state index contributed by atoms with van der Waals surface area (Å²) in [6, 6.07) is 0. The third-order valence-electron chi connectivity index (χ3n) is 0.328. The SMILES string of the molecule is C=CC(=O)NN.O. The van der Waals surface area contributed by atoms with Crippen molar-refractivity contribution in [2.75, 3.05) is 0 Å². The number of nitrogens with one attached hydrogen (secondary N) is 1. The Balaban J connectivity index is 0. The van der Waals surface area contributed by atoms with Crippen molar-refractivity contribution in [3.63, 3.8) is 0 Å². The van der Waals surface area contributed by atoms with Gasteiger partial charge >= 0.3 is 0 Å². The fourth-order valence-electron chi connectivity index (χ4n) is 0.0589. The first-order chi connectivity index (χ1) is 2.81. The molecular weight excluding hydrogens is 96.0 g/mol. The van der Waals surface area contributed by atoms with E-state index in [0.717, 1.165) is 6.08 Å². The number of amides is 1. The van der Waals surface area contributed by atoms with Crippen molar-refractivity contribution in [3.8, 4) is 0 Å². The number of carbonyl (C=O) groups is 1. The van der Waals surface area contributed by atoms with E-state index in [-0.39, 0.29) is 11.4 Å². The standard InChI is InChI=1S/C3H6N2O.H2O/c1-2-3(6)5-4;/h2H,1,4H2,(H,5,6);1H2. The number of nitrogens with two attached hydrogens (primary N) is 1. The van der Waals surface area contributed by atoms with Crippen molar-refractivity contribution in [2.45, 2.75) is 0 Å². The van der Waals surface area contributed by atoms with E-state index in [4.69, 9.17) is 0 Å². The van der Waals surface area contributed by atoms with Crippen LogP contribution < -0.4 is 11.3 Å². The lowest BCUT2D eigenvalue weighted by Crippen LogP contribution is -2.27. The molecule has 0 saturated heterocycles. The number of hydrogen-bond acceptors (Lipinski definition) is 2. The van der Waals surface area contributed by atoms with Crippen molar-refractivity contribution in [3.05, 3.63) is 12.7 Å². The van der Waals surface area contributed by atoms with Crippen LogP contribution in [0.2, 0.25) is 0 Å². The van der Waals surface area contributed by atoms with Crippen LogP contribution >= 0.6 is 0 Å².